The second kappa shape index (κ2) is 10.6. The molecule has 3 aromatic rings. The number of halogens is 2. The highest BCUT2D eigenvalue weighted by Gasteiger charge is 2.39. The van der Waals surface area contributed by atoms with Crippen molar-refractivity contribution in [3.63, 3.8) is 0 Å². The van der Waals surface area contributed by atoms with Gasteiger partial charge in [-0.05, 0) is 55.9 Å². The van der Waals surface area contributed by atoms with Crippen LogP contribution in [0, 0.1) is 5.92 Å². The van der Waals surface area contributed by atoms with Crippen molar-refractivity contribution in [3.8, 4) is 0 Å². The second-order valence-electron chi connectivity index (χ2n) is 10.3. The first-order valence-corrected chi connectivity index (χ1v) is 13.9. The van der Waals surface area contributed by atoms with Crippen LogP contribution >= 0.6 is 23.2 Å². The van der Waals surface area contributed by atoms with Gasteiger partial charge >= 0.3 is 0 Å². The Labute approximate surface area is 240 Å². The lowest BCUT2D eigenvalue weighted by atomic mass is 9.79. The number of carbonyl (C=O) groups is 3. The van der Waals surface area contributed by atoms with Gasteiger partial charge in [-0.2, -0.15) is 5.10 Å². The molecule has 0 spiro atoms. The van der Waals surface area contributed by atoms with Crippen molar-refractivity contribution in [3.05, 3.63) is 75.4 Å². The minimum atomic E-state index is -1.19. The molecule has 206 valence electrons. The van der Waals surface area contributed by atoms with Gasteiger partial charge in [0.05, 0.1) is 16.3 Å². The number of hydrogen-bond acceptors (Lipinski definition) is 6. The molecular formula is C28H27Cl2N7O3. The fourth-order valence-corrected chi connectivity index (χ4v) is 6.17. The number of amidine groups is 1. The predicted molar refractivity (Wildman–Crippen MR) is 153 cm³/mol. The van der Waals surface area contributed by atoms with E-state index in [1.54, 1.807) is 31.3 Å². The van der Waals surface area contributed by atoms with Gasteiger partial charge in [-0.3, -0.25) is 19.5 Å². The van der Waals surface area contributed by atoms with Crippen molar-refractivity contribution in [2.45, 2.75) is 37.9 Å². The summed E-state index contributed by atoms with van der Waals surface area (Å²) in [6, 6.07) is 14.5. The van der Waals surface area contributed by atoms with Crippen LogP contribution in [0.4, 0.5) is 11.5 Å². The molecule has 3 fully saturated rings. The first-order valence-electron chi connectivity index (χ1n) is 13.1. The van der Waals surface area contributed by atoms with Gasteiger partial charge in [-0.15, -0.1) is 0 Å². The number of hydrogen-bond donors (Lipinski definition) is 3. The third-order valence-corrected chi connectivity index (χ3v) is 8.56. The van der Waals surface area contributed by atoms with Gasteiger partial charge in [0.2, 0.25) is 6.17 Å². The van der Waals surface area contributed by atoms with Crippen LogP contribution in [0.25, 0.3) is 0 Å². The molecule has 40 heavy (non-hydrogen) atoms. The number of anilines is 2. The van der Waals surface area contributed by atoms with Gasteiger partial charge in [0.1, 0.15) is 16.6 Å². The number of aromatic amines is 1. The Bertz CT molecular complexity index is 1530. The topological polar surface area (TPSA) is 123 Å². The maximum absolute atomic E-state index is 13.5. The number of rotatable bonds is 4. The Kier molecular flexibility index (Phi) is 6.97. The SMILES string of the molecule is CN1C(=O)C(NC(=O)c2[nH]nc(NC(=O)c3ccccc3Cl)c2Cl)N=C(N2CC3CCC2CC3)c2ccccc21. The summed E-state index contributed by atoms with van der Waals surface area (Å²) >= 11 is 12.5. The lowest BCUT2D eigenvalue weighted by molar-refractivity contribution is -0.119. The van der Waals surface area contributed by atoms with Crippen molar-refractivity contribution in [2.24, 2.45) is 10.9 Å². The lowest BCUT2D eigenvalue weighted by Gasteiger charge is -2.47. The molecule has 3 amide bonds. The Morgan fingerprint density at radius 2 is 1.73 bits per heavy atom. The van der Waals surface area contributed by atoms with Gasteiger partial charge < -0.3 is 20.4 Å². The van der Waals surface area contributed by atoms with E-state index < -0.39 is 18.0 Å². The molecular weight excluding hydrogens is 553 g/mol. The fraction of sp³-hybridized carbons (Fsp3) is 0.321. The molecule has 1 saturated carbocycles. The average Bonchev–Trinajstić information content (AvgIpc) is 3.30. The van der Waals surface area contributed by atoms with Crippen LogP contribution in [0.15, 0.2) is 53.5 Å². The van der Waals surface area contributed by atoms with Crippen LogP contribution < -0.4 is 15.5 Å². The van der Waals surface area contributed by atoms with Crippen LogP contribution in [0.1, 0.15) is 52.1 Å². The molecule has 0 radical (unpaired) electrons. The van der Waals surface area contributed by atoms with Crippen LogP contribution in [-0.2, 0) is 4.79 Å². The largest absolute Gasteiger partial charge is 0.353 e. The van der Waals surface area contributed by atoms with Crippen molar-refractivity contribution in [1.82, 2.24) is 20.4 Å². The number of benzene rings is 2. The summed E-state index contributed by atoms with van der Waals surface area (Å²) in [5.41, 5.74) is 1.71. The molecule has 3 N–H and O–H groups in total. The molecule has 2 bridgehead atoms. The van der Waals surface area contributed by atoms with Crippen molar-refractivity contribution in [2.75, 3.05) is 23.8 Å². The van der Waals surface area contributed by atoms with Gasteiger partial charge in [0.15, 0.2) is 5.82 Å². The quantitative estimate of drug-likeness (QED) is 0.424. The van der Waals surface area contributed by atoms with Crippen molar-refractivity contribution < 1.29 is 14.4 Å². The molecule has 2 saturated heterocycles. The number of nitrogens with zero attached hydrogens (tertiary/aromatic N) is 4. The minimum absolute atomic E-state index is 0.0398. The van der Waals surface area contributed by atoms with E-state index in [9.17, 15) is 14.4 Å². The summed E-state index contributed by atoms with van der Waals surface area (Å²) < 4.78 is 0. The maximum Gasteiger partial charge on any atom is 0.272 e. The number of benzodiazepines with no additional fused rings is 1. The van der Waals surface area contributed by atoms with Crippen LogP contribution in [0.3, 0.4) is 0 Å². The van der Waals surface area contributed by atoms with E-state index in [1.807, 2.05) is 24.3 Å². The van der Waals surface area contributed by atoms with Crippen LogP contribution in [-0.4, -0.2) is 64.5 Å². The maximum atomic E-state index is 13.5. The molecule has 4 aliphatic rings. The number of carbonyl (C=O) groups excluding carboxylic acids is 3. The number of likely N-dealkylation sites (N-methyl/N-ethyl adjacent to an activating group) is 1. The highest BCUT2D eigenvalue weighted by molar-refractivity contribution is 6.37. The number of fused-ring (bicyclic) bond motifs is 4. The molecule has 3 aliphatic heterocycles. The number of piperidine rings is 2. The summed E-state index contributed by atoms with van der Waals surface area (Å²) in [5.74, 6) is -0.349. The molecule has 4 heterocycles. The van der Waals surface area contributed by atoms with E-state index in [2.05, 4.69) is 25.7 Å². The summed E-state index contributed by atoms with van der Waals surface area (Å²) in [5, 5.41) is 12.0. The van der Waals surface area contributed by atoms with Gasteiger partial charge in [0, 0.05) is 25.2 Å². The number of nitrogens with one attached hydrogen (secondary N) is 3. The third kappa shape index (κ3) is 4.71. The molecule has 1 atom stereocenters. The van der Waals surface area contributed by atoms with E-state index in [1.165, 1.54) is 17.7 Å². The van der Waals surface area contributed by atoms with E-state index in [0.29, 0.717) is 17.8 Å². The lowest BCUT2D eigenvalue weighted by Crippen LogP contribution is -2.52. The Hall–Kier alpha value is -3.89. The first-order chi connectivity index (χ1) is 19.3. The highest BCUT2D eigenvalue weighted by Crippen LogP contribution is 2.38. The number of amides is 3. The van der Waals surface area contributed by atoms with Crippen molar-refractivity contribution in [1.29, 1.82) is 0 Å². The van der Waals surface area contributed by atoms with E-state index in [-0.39, 0.29) is 33.0 Å². The third-order valence-electron chi connectivity index (χ3n) is 7.86. The van der Waals surface area contributed by atoms with E-state index in [4.69, 9.17) is 28.2 Å². The molecule has 12 heteroatoms. The second-order valence-corrected chi connectivity index (χ2v) is 11.1. The Morgan fingerprint density at radius 1 is 1.00 bits per heavy atom. The summed E-state index contributed by atoms with van der Waals surface area (Å²) in [6.07, 6.45) is 3.37. The van der Waals surface area contributed by atoms with E-state index in [0.717, 1.165) is 30.6 Å². The zero-order chi connectivity index (χ0) is 28.0. The van der Waals surface area contributed by atoms with E-state index >= 15 is 0 Å². The molecule has 1 unspecified atom stereocenters. The predicted octanol–water partition coefficient (Wildman–Crippen LogP) is 4.32. The summed E-state index contributed by atoms with van der Waals surface area (Å²) in [4.78, 5) is 48.2. The Morgan fingerprint density at radius 3 is 2.45 bits per heavy atom. The van der Waals surface area contributed by atoms with Crippen LogP contribution in [0.5, 0.6) is 0 Å². The fourth-order valence-electron chi connectivity index (χ4n) is 5.73. The number of para-hydroxylation sites is 1. The molecule has 7 rings (SSSR count). The van der Waals surface area contributed by atoms with Gasteiger partial charge in [0.25, 0.3) is 17.7 Å². The van der Waals surface area contributed by atoms with Crippen molar-refractivity contribution >= 4 is 58.3 Å². The highest BCUT2D eigenvalue weighted by atomic mass is 35.5. The minimum Gasteiger partial charge on any atom is -0.353 e. The van der Waals surface area contributed by atoms with Gasteiger partial charge in [-0.25, -0.2) is 4.99 Å². The summed E-state index contributed by atoms with van der Waals surface area (Å²) in [6.45, 7) is 0.872. The summed E-state index contributed by atoms with van der Waals surface area (Å²) in [7, 11) is 1.67. The normalized spacial score (nSPS) is 21.9. The standard InChI is InChI=1S/C28H27Cl2N7O3/c1-36-20-9-5-3-7-18(20)25(37-14-15-10-12-16(37)13-11-15)31-24(28(36)40)33-27(39)22-21(30)23(35-34-22)32-26(38)17-6-2-4-8-19(17)29/h2-9,15-16,24H,10-14H2,1H3,(H,33,39)(H2,32,34,35,38). The van der Waals surface area contributed by atoms with Crippen LogP contribution in [0.2, 0.25) is 10.0 Å². The number of aromatic nitrogens is 2. The smallest absolute Gasteiger partial charge is 0.272 e. The number of H-pyrrole nitrogens is 1. The molecule has 2 aromatic carbocycles. The number of aliphatic imine (C=N–C) groups is 1. The molecule has 10 nitrogen and oxygen atoms in total. The zero-order valence-electron chi connectivity index (χ0n) is 21.7. The molecule has 1 aliphatic carbocycles. The zero-order valence-corrected chi connectivity index (χ0v) is 23.2. The van der Waals surface area contributed by atoms with Gasteiger partial charge in [-0.1, -0.05) is 47.5 Å². The molecule has 1 aromatic heterocycles. The Balaban J connectivity index is 1.27. The first kappa shape index (κ1) is 26.3. The average molecular weight is 580 g/mol. The monoisotopic (exact) mass is 579 g/mol.